The first-order valence-electron chi connectivity index (χ1n) is 9.07. The Kier molecular flexibility index (Phi) is 5.38. The fourth-order valence-corrected chi connectivity index (χ4v) is 4.11. The van der Waals surface area contributed by atoms with E-state index in [1.54, 1.807) is 32.0 Å². The van der Waals surface area contributed by atoms with Crippen LogP contribution in [0.3, 0.4) is 0 Å². The number of ether oxygens (including phenoxy) is 1. The molecule has 0 unspecified atom stereocenters. The predicted molar refractivity (Wildman–Crippen MR) is 114 cm³/mol. The van der Waals surface area contributed by atoms with Gasteiger partial charge >= 0.3 is 0 Å². The maximum absolute atomic E-state index is 12.5. The summed E-state index contributed by atoms with van der Waals surface area (Å²) in [5.74, 6) is 0.574. The van der Waals surface area contributed by atoms with Gasteiger partial charge in [0.1, 0.15) is 5.75 Å². The van der Waals surface area contributed by atoms with E-state index in [1.165, 1.54) is 12.2 Å². The van der Waals surface area contributed by atoms with Crippen molar-refractivity contribution in [1.29, 1.82) is 0 Å². The molecule has 4 rings (SSSR count). The van der Waals surface area contributed by atoms with Crippen LogP contribution in [0.15, 0.2) is 81.5 Å². The second kappa shape index (κ2) is 8.11. The highest BCUT2D eigenvalue weighted by molar-refractivity contribution is 7.99. The molecule has 29 heavy (non-hydrogen) atoms. The van der Waals surface area contributed by atoms with Gasteiger partial charge in [-0.2, -0.15) is 0 Å². The molecule has 0 aliphatic carbocycles. The van der Waals surface area contributed by atoms with Crippen molar-refractivity contribution in [2.24, 2.45) is 4.99 Å². The Morgan fingerprint density at radius 3 is 2.45 bits per heavy atom. The number of methoxy groups -OCH3 is 1. The second-order valence-corrected chi connectivity index (χ2v) is 7.54. The number of hydrogen-bond donors (Lipinski definition) is 0. The highest BCUT2D eigenvalue weighted by Crippen LogP contribution is 2.41. The number of carbonyl (C=O) groups excluding carboxylic acids is 1. The van der Waals surface area contributed by atoms with Crippen LogP contribution in [-0.2, 0) is 4.84 Å². The average molecular weight is 404 g/mol. The second-order valence-electron chi connectivity index (χ2n) is 6.45. The average Bonchev–Trinajstić information content (AvgIpc) is 2.94. The van der Waals surface area contributed by atoms with Gasteiger partial charge in [-0.1, -0.05) is 30.0 Å². The quantitative estimate of drug-likeness (QED) is 0.451. The molecule has 0 spiro atoms. The molecule has 0 aromatic heterocycles. The molecule has 1 aliphatic rings. The summed E-state index contributed by atoms with van der Waals surface area (Å²) in [5, 5.41) is 1.20. The highest BCUT2D eigenvalue weighted by Gasteiger charge is 2.20. The summed E-state index contributed by atoms with van der Waals surface area (Å²) >= 11 is 1.65. The van der Waals surface area contributed by atoms with Crippen LogP contribution in [0.1, 0.15) is 21.5 Å². The van der Waals surface area contributed by atoms with Gasteiger partial charge in [-0.05, 0) is 48.5 Å². The molecule has 1 amide bonds. The predicted octanol–water partition coefficient (Wildman–Crippen LogP) is 4.96. The molecule has 5 nitrogen and oxygen atoms in total. The lowest BCUT2D eigenvalue weighted by atomic mass is 10.0. The lowest BCUT2D eigenvalue weighted by Gasteiger charge is -2.14. The zero-order valence-corrected chi connectivity index (χ0v) is 17.2. The van der Waals surface area contributed by atoms with Crippen molar-refractivity contribution in [2.75, 3.05) is 21.3 Å². The molecule has 0 saturated carbocycles. The molecule has 1 aliphatic heterocycles. The molecule has 0 bridgehead atoms. The third-order valence-electron chi connectivity index (χ3n) is 4.72. The Morgan fingerprint density at radius 1 is 0.966 bits per heavy atom. The van der Waals surface area contributed by atoms with E-state index >= 15 is 0 Å². The summed E-state index contributed by atoms with van der Waals surface area (Å²) < 4.78 is 5.28. The van der Waals surface area contributed by atoms with Gasteiger partial charge in [0.25, 0.3) is 5.91 Å². The number of amides is 1. The van der Waals surface area contributed by atoms with Crippen molar-refractivity contribution in [3.63, 3.8) is 0 Å². The largest absolute Gasteiger partial charge is 0.497 e. The van der Waals surface area contributed by atoms with Crippen LogP contribution < -0.4 is 4.74 Å². The van der Waals surface area contributed by atoms with Gasteiger partial charge in [-0.25, -0.2) is 10.1 Å². The Hall–Kier alpha value is -3.09. The molecule has 0 N–H and O–H groups in total. The molecule has 146 valence electrons. The monoisotopic (exact) mass is 404 g/mol. The number of aliphatic imine (C=N–C) groups is 1. The van der Waals surface area contributed by atoms with Crippen LogP contribution in [0.2, 0.25) is 0 Å². The van der Waals surface area contributed by atoms with Gasteiger partial charge in [-0.15, -0.1) is 0 Å². The van der Waals surface area contributed by atoms with Crippen molar-refractivity contribution < 1.29 is 14.4 Å². The van der Waals surface area contributed by atoms with E-state index < -0.39 is 0 Å². The molecule has 3 aromatic carbocycles. The number of fused-ring (bicyclic) bond motifs is 2. The van der Waals surface area contributed by atoms with E-state index in [-0.39, 0.29) is 5.91 Å². The van der Waals surface area contributed by atoms with Gasteiger partial charge in [0, 0.05) is 33.5 Å². The van der Waals surface area contributed by atoms with Gasteiger partial charge in [0.2, 0.25) is 0 Å². The SMILES string of the molecule is COc1ccc(C2=Nc3cc(C(=O)N(C)OC)ccc3Sc3ccccc32)cc1. The number of carbonyl (C=O) groups is 1. The Bertz CT molecular complexity index is 1090. The molecule has 0 fully saturated rings. The van der Waals surface area contributed by atoms with Crippen molar-refractivity contribution in [2.45, 2.75) is 9.79 Å². The van der Waals surface area contributed by atoms with Crippen LogP contribution in [0, 0.1) is 0 Å². The van der Waals surface area contributed by atoms with Gasteiger partial charge in [0.05, 0.1) is 25.6 Å². The zero-order chi connectivity index (χ0) is 20.4. The van der Waals surface area contributed by atoms with Crippen molar-refractivity contribution >= 4 is 29.1 Å². The fourth-order valence-electron chi connectivity index (χ4n) is 3.11. The van der Waals surface area contributed by atoms with Crippen LogP contribution >= 0.6 is 11.8 Å². The van der Waals surface area contributed by atoms with Gasteiger partial charge < -0.3 is 4.74 Å². The molecule has 0 atom stereocenters. The number of nitrogens with zero attached hydrogens (tertiary/aromatic N) is 2. The normalized spacial score (nSPS) is 12.3. The summed E-state index contributed by atoms with van der Waals surface area (Å²) in [4.78, 5) is 24.6. The molecule has 0 saturated heterocycles. The first kappa shape index (κ1) is 19.2. The Morgan fingerprint density at radius 2 is 1.72 bits per heavy atom. The maximum Gasteiger partial charge on any atom is 0.277 e. The highest BCUT2D eigenvalue weighted by atomic mass is 32.2. The number of hydrogen-bond acceptors (Lipinski definition) is 5. The summed E-state index contributed by atoms with van der Waals surface area (Å²) in [6.07, 6.45) is 0. The third kappa shape index (κ3) is 3.77. The molecule has 1 heterocycles. The lowest BCUT2D eigenvalue weighted by Crippen LogP contribution is -2.25. The first-order chi connectivity index (χ1) is 14.1. The van der Waals surface area contributed by atoms with Gasteiger partial charge in [0.15, 0.2) is 0 Å². The topological polar surface area (TPSA) is 51.1 Å². The van der Waals surface area contributed by atoms with Crippen molar-refractivity contribution in [3.8, 4) is 5.75 Å². The summed E-state index contributed by atoms with van der Waals surface area (Å²) in [6, 6.07) is 21.6. The lowest BCUT2D eigenvalue weighted by molar-refractivity contribution is -0.0756. The van der Waals surface area contributed by atoms with E-state index in [2.05, 4.69) is 12.1 Å². The summed E-state index contributed by atoms with van der Waals surface area (Å²) in [6.45, 7) is 0. The standard InChI is InChI=1S/C23H20N2O3S/c1-25(28-3)23(26)16-10-13-21-19(14-16)24-22(15-8-11-17(27-2)12-9-15)18-6-4-5-7-20(18)29-21/h4-14H,1-3H3. The molecule has 6 heteroatoms. The fraction of sp³-hybridized carbons (Fsp3) is 0.130. The van der Waals surface area contributed by atoms with Crippen LogP contribution in [0.5, 0.6) is 5.75 Å². The Labute approximate surface area is 173 Å². The molecular formula is C23H20N2O3S. The van der Waals surface area contributed by atoms with Crippen molar-refractivity contribution in [1.82, 2.24) is 5.06 Å². The first-order valence-corrected chi connectivity index (χ1v) is 9.89. The smallest absolute Gasteiger partial charge is 0.277 e. The minimum Gasteiger partial charge on any atom is -0.497 e. The molecule has 0 radical (unpaired) electrons. The minimum absolute atomic E-state index is 0.219. The van der Waals surface area contributed by atoms with Crippen molar-refractivity contribution in [3.05, 3.63) is 83.4 Å². The van der Waals surface area contributed by atoms with Crippen LogP contribution in [-0.4, -0.2) is 37.9 Å². The zero-order valence-electron chi connectivity index (χ0n) is 16.4. The van der Waals surface area contributed by atoms with E-state index in [1.807, 2.05) is 48.5 Å². The van der Waals surface area contributed by atoms with E-state index in [0.717, 1.165) is 38.1 Å². The molecule has 3 aromatic rings. The van der Waals surface area contributed by atoms with Crippen LogP contribution in [0.4, 0.5) is 5.69 Å². The number of hydroxylamine groups is 2. The number of benzene rings is 3. The summed E-state index contributed by atoms with van der Waals surface area (Å²) in [5.41, 5.74) is 4.18. The minimum atomic E-state index is -0.219. The summed E-state index contributed by atoms with van der Waals surface area (Å²) in [7, 11) is 4.70. The van der Waals surface area contributed by atoms with E-state index in [4.69, 9.17) is 14.6 Å². The van der Waals surface area contributed by atoms with E-state index in [0.29, 0.717) is 5.56 Å². The third-order valence-corrected chi connectivity index (χ3v) is 5.86. The Balaban J connectivity index is 1.86. The maximum atomic E-state index is 12.5. The van der Waals surface area contributed by atoms with Crippen LogP contribution in [0.25, 0.3) is 0 Å². The molecular weight excluding hydrogens is 384 g/mol. The number of rotatable bonds is 4. The van der Waals surface area contributed by atoms with Gasteiger partial charge in [-0.3, -0.25) is 9.63 Å². The van der Waals surface area contributed by atoms with E-state index in [9.17, 15) is 4.79 Å².